The number of aldehydes is 2. The molecule has 3 N–H and O–H groups in total. The van der Waals surface area contributed by atoms with Gasteiger partial charge in [-0.1, -0.05) is 12.1 Å². The monoisotopic (exact) mass is 588 g/mol. The fraction of sp³-hybridized carbons (Fsp3) is 0.424. The normalized spacial score (nSPS) is 30.5. The molecular weight excluding hydrogens is 556 g/mol. The van der Waals surface area contributed by atoms with Gasteiger partial charge in [-0.15, -0.1) is 12.4 Å². The maximum Gasteiger partial charge on any atom is 0.251 e. The summed E-state index contributed by atoms with van der Waals surface area (Å²) >= 11 is 0. The van der Waals surface area contributed by atoms with Gasteiger partial charge in [0.2, 0.25) is 0 Å². The Bertz CT molecular complexity index is 1660. The molecule has 2 bridgehead atoms. The number of phenolic OH excluding ortho intramolecular Hbond substituents is 1. The van der Waals surface area contributed by atoms with Crippen molar-refractivity contribution in [3.8, 4) is 11.5 Å². The highest BCUT2D eigenvalue weighted by Crippen LogP contribution is 2.65. The number of hydrogen-bond donors (Lipinski definition) is 3. The lowest BCUT2D eigenvalue weighted by Gasteiger charge is -2.64. The molecule has 218 valence electrons. The van der Waals surface area contributed by atoms with Crippen LogP contribution in [0.1, 0.15) is 74.3 Å². The number of nitrogens with zero attached hydrogens (tertiary/aromatic N) is 1. The molecule has 1 saturated heterocycles. The van der Waals surface area contributed by atoms with Crippen molar-refractivity contribution in [1.29, 1.82) is 0 Å². The van der Waals surface area contributed by atoms with Crippen LogP contribution in [0, 0.1) is 5.92 Å². The fourth-order valence-electron chi connectivity index (χ4n) is 8.56. The van der Waals surface area contributed by atoms with Gasteiger partial charge in [-0.25, -0.2) is 0 Å². The summed E-state index contributed by atoms with van der Waals surface area (Å²) in [6, 6.07) is 11.8. The minimum Gasteiger partial charge on any atom is -0.504 e. The number of aliphatic hydroxyl groups is 1. The van der Waals surface area contributed by atoms with E-state index >= 15 is 0 Å². The van der Waals surface area contributed by atoms with Gasteiger partial charge in [0.05, 0.1) is 17.1 Å². The summed E-state index contributed by atoms with van der Waals surface area (Å²) in [5, 5.41) is 28.1. The Balaban J connectivity index is 0.00000288. The zero-order chi connectivity index (χ0) is 28.1. The fourth-order valence-corrected chi connectivity index (χ4v) is 8.56. The Hall–Kier alpha value is -3.46. The molecule has 0 radical (unpaired) electrons. The molecule has 5 aliphatic rings. The van der Waals surface area contributed by atoms with E-state index in [1.807, 2.05) is 6.07 Å². The predicted molar refractivity (Wildman–Crippen MR) is 158 cm³/mol. The smallest absolute Gasteiger partial charge is 0.251 e. The van der Waals surface area contributed by atoms with Crippen LogP contribution < -0.4 is 10.1 Å². The number of rotatable bonds is 6. The van der Waals surface area contributed by atoms with Gasteiger partial charge in [0.1, 0.15) is 6.10 Å². The van der Waals surface area contributed by atoms with Gasteiger partial charge in [-0.05, 0) is 97.7 Å². The molecule has 8 rings (SSSR count). The summed E-state index contributed by atoms with van der Waals surface area (Å²) in [5.74, 6) is 0.979. The molecule has 1 amide bonds. The standard InChI is InChI=1S/C33H32N2O6.ClH/c36-16-23-11-19-3-4-21(12-22(19)13-24(23)17-37)31(39)34-25-7-8-33(40)27-14-20-5-6-26(38)29-28(20)32(33,30(25)41-29)9-10-35(27)15-18-1-2-18;/h3-6,11-13,16-18,25,27,30,38,40H,1-2,7-10,14-15H2,(H,34,39);1H/t25-,27?,30+,32+,33-;/m1./s1. The van der Waals surface area contributed by atoms with E-state index in [1.54, 1.807) is 36.4 Å². The van der Waals surface area contributed by atoms with Crippen LogP contribution in [-0.4, -0.2) is 70.5 Å². The lowest BCUT2D eigenvalue weighted by molar-refractivity contribution is -0.191. The number of hydrogen-bond acceptors (Lipinski definition) is 7. The number of carbonyl (C=O) groups is 3. The molecule has 2 heterocycles. The molecular formula is C33H33ClN2O6. The minimum absolute atomic E-state index is 0. The molecule has 9 heteroatoms. The number of fused-ring (bicyclic) bond motifs is 1. The van der Waals surface area contributed by atoms with Crippen molar-refractivity contribution in [3.63, 3.8) is 0 Å². The van der Waals surface area contributed by atoms with E-state index < -0.39 is 17.1 Å². The van der Waals surface area contributed by atoms with Crippen molar-refractivity contribution in [2.75, 3.05) is 13.1 Å². The first-order chi connectivity index (χ1) is 19.9. The number of amides is 1. The molecule has 3 aromatic carbocycles. The van der Waals surface area contributed by atoms with E-state index in [9.17, 15) is 24.6 Å². The summed E-state index contributed by atoms with van der Waals surface area (Å²) in [6.45, 7) is 1.86. The SMILES string of the molecule is Cl.O=Cc1cc2ccc(C(=O)N[C@@H]3CC[C@@]4(O)C5Cc6ccc(O)c7c6[C@@]4(CCN5CC4CC4)[C@H]3O7)cc2cc1C=O. The summed E-state index contributed by atoms with van der Waals surface area (Å²) in [5.41, 5.74) is 1.37. The Morgan fingerprint density at radius 2 is 1.79 bits per heavy atom. The molecule has 42 heavy (non-hydrogen) atoms. The summed E-state index contributed by atoms with van der Waals surface area (Å²) < 4.78 is 6.56. The third kappa shape index (κ3) is 3.64. The highest BCUT2D eigenvalue weighted by molar-refractivity contribution is 6.02. The predicted octanol–water partition coefficient (Wildman–Crippen LogP) is 3.95. The number of likely N-dealkylation sites (tertiary alicyclic amines) is 1. The number of ether oxygens (including phenoxy) is 1. The average Bonchev–Trinajstić information content (AvgIpc) is 3.72. The molecule has 2 aliphatic heterocycles. The van der Waals surface area contributed by atoms with Crippen molar-refractivity contribution in [1.82, 2.24) is 10.2 Å². The number of piperidine rings is 1. The molecule has 5 atom stereocenters. The summed E-state index contributed by atoms with van der Waals surface area (Å²) in [4.78, 5) is 39.0. The number of benzene rings is 3. The van der Waals surface area contributed by atoms with E-state index in [0.29, 0.717) is 60.0 Å². The average molecular weight is 589 g/mol. The Kier molecular flexibility index (Phi) is 6.21. The summed E-state index contributed by atoms with van der Waals surface area (Å²) in [7, 11) is 0. The van der Waals surface area contributed by atoms with Gasteiger partial charge in [0.15, 0.2) is 24.1 Å². The molecule has 8 nitrogen and oxygen atoms in total. The van der Waals surface area contributed by atoms with E-state index in [2.05, 4.69) is 10.2 Å². The van der Waals surface area contributed by atoms with Gasteiger partial charge in [0, 0.05) is 34.8 Å². The van der Waals surface area contributed by atoms with Crippen molar-refractivity contribution in [2.45, 2.75) is 67.7 Å². The van der Waals surface area contributed by atoms with Crippen LogP contribution in [0.2, 0.25) is 0 Å². The maximum atomic E-state index is 13.6. The second-order valence-electron chi connectivity index (χ2n) is 12.7. The van der Waals surface area contributed by atoms with Crippen LogP contribution >= 0.6 is 12.4 Å². The van der Waals surface area contributed by atoms with Crippen LogP contribution in [0.15, 0.2) is 42.5 Å². The van der Waals surface area contributed by atoms with Crippen molar-refractivity contribution in [2.24, 2.45) is 5.92 Å². The van der Waals surface area contributed by atoms with Crippen LogP contribution in [0.3, 0.4) is 0 Å². The number of halogens is 1. The Labute approximate surface area is 249 Å². The highest BCUT2D eigenvalue weighted by Gasteiger charge is 2.73. The van der Waals surface area contributed by atoms with Crippen LogP contribution in [0.5, 0.6) is 11.5 Å². The van der Waals surface area contributed by atoms with Gasteiger partial charge >= 0.3 is 0 Å². The van der Waals surface area contributed by atoms with E-state index in [1.165, 1.54) is 12.8 Å². The Morgan fingerprint density at radius 1 is 1.02 bits per heavy atom. The zero-order valence-corrected chi connectivity index (χ0v) is 23.9. The van der Waals surface area contributed by atoms with Gasteiger partial charge in [-0.2, -0.15) is 0 Å². The van der Waals surface area contributed by atoms with Crippen LogP contribution in [-0.2, 0) is 11.8 Å². The largest absolute Gasteiger partial charge is 0.504 e. The topological polar surface area (TPSA) is 116 Å². The van der Waals surface area contributed by atoms with Crippen LogP contribution in [0.4, 0.5) is 0 Å². The molecule has 0 aromatic heterocycles. The first kappa shape index (κ1) is 27.4. The third-order valence-corrected chi connectivity index (χ3v) is 10.6. The van der Waals surface area contributed by atoms with E-state index in [4.69, 9.17) is 4.74 Å². The second kappa shape index (κ2) is 9.53. The lowest BCUT2D eigenvalue weighted by Crippen LogP contribution is -2.78. The quantitative estimate of drug-likeness (QED) is 0.373. The Morgan fingerprint density at radius 3 is 2.52 bits per heavy atom. The van der Waals surface area contributed by atoms with Gasteiger partial charge < -0.3 is 20.3 Å². The van der Waals surface area contributed by atoms with E-state index in [0.717, 1.165) is 36.0 Å². The number of nitrogens with one attached hydrogen (secondary N) is 1. The van der Waals surface area contributed by atoms with Gasteiger partial charge in [0.25, 0.3) is 5.91 Å². The van der Waals surface area contributed by atoms with Crippen molar-refractivity contribution >= 4 is 41.7 Å². The molecule has 3 aromatic rings. The number of aromatic hydroxyl groups is 1. The van der Waals surface area contributed by atoms with Crippen molar-refractivity contribution in [3.05, 3.63) is 70.3 Å². The van der Waals surface area contributed by atoms with E-state index in [-0.39, 0.29) is 41.7 Å². The first-order valence-electron chi connectivity index (χ1n) is 14.6. The lowest BCUT2D eigenvalue weighted by atomic mass is 9.48. The maximum absolute atomic E-state index is 13.6. The minimum atomic E-state index is -1.01. The highest BCUT2D eigenvalue weighted by atomic mass is 35.5. The van der Waals surface area contributed by atoms with Gasteiger partial charge in [-0.3, -0.25) is 19.3 Å². The zero-order valence-electron chi connectivity index (χ0n) is 23.0. The molecule has 3 aliphatic carbocycles. The third-order valence-electron chi connectivity index (χ3n) is 10.6. The molecule has 1 unspecified atom stereocenters. The summed E-state index contributed by atoms with van der Waals surface area (Å²) in [6.07, 6.45) is 5.83. The molecule has 1 spiro atoms. The number of phenols is 1. The van der Waals surface area contributed by atoms with Crippen molar-refractivity contribution < 1.29 is 29.3 Å². The first-order valence-corrected chi connectivity index (χ1v) is 14.6. The second-order valence-corrected chi connectivity index (χ2v) is 12.7. The number of carbonyl (C=O) groups excluding carboxylic acids is 3. The molecule has 2 saturated carbocycles. The molecule has 3 fully saturated rings. The van der Waals surface area contributed by atoms with Crippen LogP contribution in [0.25, 0.3) is 10.8 Å².